The Morgan fingerprint density at radius 1 is 1.38 bits per heavy atom. The largest absolute Gasteiger partial charge is 0.465 e. The minimum absolute atomic E-state index is 0.0242. The summed E-state index contributed by atoms with van der Waals surface area (Å²) in [4.78, 5) is 11.5. The maximum Gasteiger partial charge on any atom is 0.339 e. The molecule has 2 aromatic rings. The summed E-state index contributed by atoms with van der Waals surface area (Å²) < 4.78 is 36.4. The molecule has 0 unspecified atom stereocenters. The monoisotopic (exact) mass is 310 g/mol. The molecule has 0 aliphatic rings. The number of hydrogen-bond donors (Lipinski definition) is 1. The summed E-state index contributed by atoms with van der Waals surface area (Å²) in [6, 6.07) is 7.44. The quantitative estimate of drug-likeness (QED) is 0.834. The first-order valence-corrected chi connectivity index (χ1v) is 7.51. The number of carbonyl (C=O) groups excluding carboxylic acids is 1. The highest BCUT2D eigenvalue weighted by molar-refractivity contribution is 7.89. The van der Waals surface area contributed by atoms with E-state index in [1.54, 1.807) is 19.1 Å². The Labute approximate surface area is 121 Å². The Hall–Kier alpha value is -2.19. The predicted octanol–water partition coefficient (Wildman–Crippen LogP) is 1.25. The maximum atomic E-state index is 12.3. The molecule has 7 nitrogen and oxygen atoms in total. The van der Waals surface area contributed by atoms with Gasteiger partial charge in [0.1, 0.15) is 5.76 Å². The number of ether oxygens (including phenoxy) is 1. The van der Waals surface area contributed by atoms with Gasteiger partial charge in [-0.25, -0.2) is 17.9 Å². The van der Waals surface area contributed by atoms with Gasteiger partial charge in [-0.1, -0.05) is 17.3 Å². The molecule has 1 heterocycles. The molecule has 2 rings (SSSR count). The van der Waals surface area contributed by atoms with Crippen molar-refractivity contribution >= 4 is 16.0 Å². The highest BCUT2D eigenvalue weighted by Gasteiger charge is 2.22. The minimum Gasteiger partial charge on any atom is -0.465 e. The zero-order valence-corrected chi connectivity index (χ0v) is 12.3. The van der Waals surface area contributed by atoms with Crippen LogP contribution >= 0.6 is 0 Å². The summed E-state index contributed by atoms with van der Waals surface area (Å²) in [6.45, 7) is 1.67. The van der Waals surface area contributed by atoms with Crippen molar-refractivity contribution < 1.29 is 22.5 Å². The lowest BCUT2D eigenvalue weighted by Gasteiger charge is -2.09. The summed E-state index contributed by atoms with van der Waals surface area (Å²) in [5.41, 5.74) is 0.426. The van der Waals surface area contributed by atoms with Crippen LogP contribution in [0, 0.1) is 6.92 Å². The van der Waals surface area contributed by atoms with Crippen LogP contribution in [0.3, 0.4) is 0 Å². The van der Waals surface area contributed by atoms with E-state index in [1.165, 1.54) is 25.3 Å². The molecule has 1 aromatic carbocycles. The van der Waals surface area contributed by atoms with Gasteiger partial charge in [0.05, 0.1) is 29.8 Å². The first-order valence-electron chi connectivity index (χ1n) is 6.03. The van der Waals surface area contributed by atoms with Crippen LogP contribution in [0.1, 0.15) is 21.8 Å². The maximum absolute atomic E-state index is 12.3. The fourth-order valence-electron chi connectivity index (χ4n) is 1.73. The third kappa shape index (κ3) is 3.47. The fraction of sp³-hybridized carbons (Fsp3) is 0.231. The van der Waals surface area contributed by atoms with Crippen molar-refractivity contribution in [2.24, 2.45) is 0 Å². The molecule has 0 spiro atoms. The van der Waals surface area contributed by atoms with Crippen LogP contribution in [0.25, 0.3) is 0 Å². The summed E-state index contributed by atoms with van der Waals surface area (Å²) in [7, 11) is -2.68. The minimum atomic E-state index is -3.87. The van der Waals surface area contributed by atoms with Crippen molar-refractivity contribution in [2.75, 3.05) is 7.11 Å². The third-order valence-corrected chi connectivity index (χ3v) is 4.16. The van der Waals surface area contributed by atoms with E-state index in [1.807, 2.05) is 0 Å². The summed E-state index contributed by atoms with van der Waals surface area (Å²) in [5, 5.41) is 3.69. The molecule has 0 saturated carbocycles. The van der Waals surface area contributed by atoms with Crippen molar-refractivity contribution in [1.29, 1.82) is 0 Å². The Morgan fingerprint density at radius 2 is 2.10 bits per heavy atom. The summed E-state index contributed by atoms with van der Waals surface area (Å²) in [6.07, 6.45) is 0. The van der Waals surface area contributed by atoms with Crippen LogP contribution in [-0.2, 0) is 21.3 Å². The summed E-state index contributed by atoms with van der Waals surface area (Å²) in [5.74, 6) is -0.132. The van der Waals surface area contributed by atoms with Gasteiger partial charge < -0.3 is 9.26 Å². The second-order valence-corrected chi connectivity index (χ2v) is 5.98. The van der Waals surface area contributed by atoms with Gasteiger partial charge in [0.25, 0.3) is 0 Å². The van der Waals surface area contributed by atoms with E-state index < -0.39 is 16.0 Å². The summed E-state index contributed by atoms with van der Waals surface area (Å²) >= 11 is 0. The van der Waals surface area contributed by atoms with Crippen molar-refractivity contribution in [2.45, 2.75) is 18.4 Å². The lowest BCUT2D eigenvalue weighted by atomic mass is 10.2. The first-order chi connectivity index (χ1) is 9.94. The van der Waals surface area contributed by atoms with E-state index in [9.17, 15) is 13.2 Å². The molecule has 112 valence electrons. The van der Waals surface area contributed by atoms with Gasteiger partial charge in [0.2, 0.25) is 10.0 Å². The van der Waals surface area contributed by atoms with Crippen molar-refractivity contribution in [3.63, 3.8) is 0 Å². The van der Waals surface area contributed by atoms with Crippen molar-refractivity contribution in [3.8, 4) is 0 Å². The second kappa shape index (κ2) is 6.06. The zero-order chi connectivity index (χ0) is 15.5. The van der Waals surface area contributed by atoms with E-state index in [0.717, 1.165) is 0 Å². The smallest absolute Gasteiger partial charge is 0.339 e. The fourth-order valence-corrected chi connectivity index (χ4v) is 2.92. The molecular formula is C13H14N2O5S. The lowest BCUT2D eigenvalue weighted by molar-refractivity contribution is 0.0596. The van der Waals surface area contributed by atoms with E-state index in [4.69, 9.17) is 4.52 Å². The number of nitrogens with one attached hydrogen (secondary N) is 1. The number of esters is 1. The number of carbonyl (C=O) groups is 1. The standard InChI is InChI=1S/C13H14N2O5S/c1-9-7-10(15-20-9)8-14-21(17,18)12-6-4-3-5-11(12)13(16)19-2/h3-7,14H,8H2,1-2H3. The van der Waals surface area contributed by atoms with Gasteiger partial charge >= 0.3 is 5.97 Å². The lowest BCUT2D eigenvalue weighted by Crippen LogP contribution is -2.25. The van der Waals surface area contributed by atoms with E-state index >= 15 is 0 Å². The average Bonchev–Trinajstić information content (AvgIpc) is 2.90. The topological polar surface area (TPSA) is 98.5 Å². The van der Waals surface area contributed by atoms with Gasteiger partial charge in [0, 0.05) is 6.07 Å². The molecule has 0 saturated heterocycles. The average molecular weight is 310 g/mol. The highest BCUT2D eigenvalue weighted by atomic mass is 32.2. The molecule has 0 aliphatic heterocycles. The number of benzene rings is 1. The first kappa shape index (κ1) is 15.2. The number of rotatable bonds is 5. The van der Waals surface area contributed by atoms with Crippen molar-refractivity contribution in [3.05, 3.63) is 47.3 Å². The van der Waals surface area contributed by atoms with Crippen LogP contribution in [0.5, 0.6) is 0 Å². The van der Waals surface area contributed by atoms with E-state index in [-0.39, 0.29) is 17.0 Å². The number of sulfonamides is 1. The number of nitrogens with zero attached hydrogens (tertiary/aromatic N) is 1. The molecule has 0 bridgehead atoms. The molecule has 0 atom stereocenters. The molecule has 8 heteroatoms. The second-order valence-electron chi connectivity index (χ2n) is 4.24. The number of hydrogen-bond acceptors (Lipinski definition) is 6. The predicted molar refractivity (Wildman–Crippen MR) is 73.0 cm³/mol. The van der Waals surface area contributed by atoms with E-state index in [2.05, 4.69) is 14.6 Å². The Bertz CT molecular complexity index is 751. The zero-order valence-electron chi connectivity index (χ0n) is 11.5. The Kier molecular flexibility index (Phi) is 4.39. The van der Waals surface area contributed by atoms with Gasteiger partial charge in [-0.3, -0.25) is 0 Å². The molecule has 0 amide bonds. The van der Waals surface area contributed by atoms with Crippen LogP contribution in [0.2, 0.25) is 0 Å². The van der Waals surface area contributed by atoms with Gasteiger partial charge in [-0.15, -0.1) is 0 Å². The van der Waals surface area contributed by atoms with Gasteiger partial charge in [-0.2, -0.15) is 0 Å². The molecule has 1 N–H and O–H groups in total. The number of methoxy groups -OCH3 is 1. The Morgan fingerprint density at radius 3 is 2.71 bits per heavy atom. The molecular weight excluding hydrogens is 296 g/mol. The molecule has 0 aliphatic carbocycles. The van der Waals surface area contributed by atoms with Crippen LogP contribution in [0.15, 0.2) is 39.8 Å². The number of aryl methyl sites for hydroxylation is 1. The SMILES string of the molecule is COC(=O)c1ccccc1S(=O)(=O)NCc1cc(C)on1. The highest BCUT2D eigenvalue weighted by Crippen LogP contribution is 2.16. The van der Waals surface area contributed by atoms with Crippen LogP contribution in [0.4, 0.5) is 0 Å². The molecule has 0 radical (unpaired) electrons. The molecule has 1 aromatic heterocycles. The third-order valence-electron chi connectivity index (χ3n) is 2.70. The number of aromatic nitrogens is 1. The van der Waals surface area contributed by atoms with Crippen LogP contribution < -0.4 is 4.72 Å². The van der Waals surface area contributed by atoms with Gasteiger partial charge in [0.15, 0.2) is 0 Å². The molecule has 21 heavy (non-hydrogen) atoms. The molecule has 0 fully saturated rings. The van der Waals surface area contributed by atoms with Crippen LogP contribution in [-0.4, -0.2) is 26.7 Å². The Balaban J connectivity index is 2.25. The van der Waals surface area contributed by atoms with Crippen molar-refractivity contribution in [1.82, 2.24) is 9.88 Å². The normalized spacial score (nSPS) is 11.3. The van der Waals surface area contributed by atoms with E-state index in [0.29, 0.717) is 11.5 Å². The van der Waals surface area contributed by atoms with Gasteiger partial charge in [-0.05, 0) is 19.1 Å².